The third-order valence-electron chi connectivity index (χ3n) is 5.66. The van der Waals surface area contributed by atoms with Crippen LogP contribution in [0.4, 0.5) is 0 Å². The number of amides is 2. The second-order valence-electron chi connectivity index (χ2n) is 8.31. The molecule has 0 aromatic heterocycles. The Balaban J connectivity index is 2.14. The molecule has 1 saturated carbocycles. The molecule has 1 aliphatic rings. The lowest BCUT2D eigenvalue weighted by atomic mass is 9.74. The molecule has 1 aromatic rings. The van der Waals surface area contributed by atoms with Crippen LogP contribution >= 0.6 is 0 Å². The second kappa shape index (κ2) is 9.88. The van der Waals surface area contributed by atoms with Gasteiger partial charge in [0.1, 0.15) is 0 Å². The van der Waals surface area contributed by atoms with E-state index in [-0.39, 0.29) is 23.3 Å². The lowest BCUT2D eigenvalue weighted by Crippen LogP contribution is -2.42. The second-order valence-corrected chi connectivity index (χ2v) is 8.31. The van der Waals surface area contributed by atoms with Crippen LogP contribution in [0.1, 0.15) is 64.9 Å². The summed E-state index contributed by atoms with van der Waals surface area (Å²) in [5.41, 5.74) is 0.966. The maximum Gasteiger partial charge on any atom is 0.220 e. The van der Waals surface area contributed by atoms with Crippen LogP contribution in [0.15, 0.2) is 30.3 Å². The molecule has 0 aliphatic heterocycles. The molecule has 5 nitrogen and oxygen atoms in total. The van der Waals surface area contributed by atoms with Crippen LogP contribution in [0, 0.1) is 5.92 Å². The SMILES string of the molecule is CC(=O)N[C@H]1CC[C@](CNC(=O)CCC(C)C)(c2ccccc2)CC[C@@H]1O. The molecule has 1 aliphatic carbocycles. The number of aliphatic hydroxyl groups excluding tert-OH is 1. The number of benzene rings is 1. The molecule has 0 radical (unpaired) electrons. The Bertz CT molecular complexity index is 617. The molecule has 0 heterocycles. The predicted molar refractivity (Wildman–Crippen MR) is 107 cm³/mol. The summed E-state index contributed by atoms with van der Waals surface area (Å²) in [6.07, 6.45) is 3.74. The fraction of sp³-hybridized carbons (Fsp3) is 0.636. The van der Waals surface area contributed by atoms with Gasteiger partial charge in [-0.2, -0.15) is 0 Å². The van der Waals surface area contributed by atoms with E-state index in [0.29, 0.717) is 31.7 Å². The van der Waals surface area contributed by atoms with Gasteiger partial charge in [-0.25, -0.2) is 0 Å². The molecular formula is C22H34N2O3. The lowest BCUT2D eigenvalue weighted by molar-refractivity contribution is -0.122. The molecule has 3 atom stereocenters. The van der Waals surface area contributed by atoms with E-state index in [4.69, 9.17) is 0 Å². The van der Waals surface area contributed by atoms with Gasteiger partial charge >= 0.3 is 0 Å². The molecule has 27 heavy (non-hydrogen) atoms. The summed E-state index contributed by atoms with van der Waals surface area (Å²) < 4.78 is 0. The summed E-state index contributed by atoms with van der Waals surface area (Å²) >= 11 is 0. The number of carbonyl (C=O) groups is 2. The van der Waals surface area contributed by atoms with E-state index in [1.165, 1.54) is 12.5 Å². The molecule has 1 aromatic carbocycles. The Labute approximate surface area is 162 Å². The van der Waals surface area contributed by atoms with Crippen LogP contribution in [0.3, 0.4) is 0 Å². The monoisotopic (exact) mass is 374 g/mol. The molecule has 0 saturated heterocycles. The summed E-state index contributed by atoms with van der Waals surface area (Å²) in [7, 11) is 0. The van der Waals surface area contributed by atoms with Crippen molar-refractivity contribution in [1.29, 1.82) is 0 Å². The largest absolute Gasteiger partial charge is 0.391 e. The first-order valence-corrected chi connectivity index (χ1v) is 10.1. The average molecular weight is 375 g/mol. The maximum atomic E-state index is 12.3. The first kappa shape index (κ1) is 21.4. The summed E-state index contributed by atoms with van der Waals surface area (Å²) in [5, 5.41) is 16.5. The molecule has 3 N–H and O–H groups in total. The Hall–Kier alpha value is -1.88. The molecule has 0 bridgehead atoms. The van der Waals surface area contributed by atoms with Crippen molar-refractivity contribution in [2.24, 2.45) is 5.92 Å². The number of hydrogen-bond donors (Lipinski definition) is 3. The standard InChI is InChI=1S/C22H34N2O3/c1-16(2)9-10-21(27)23-15-22(18-7-5-4-6-8-18)13-11-19(24-17(3)25)20(26)12-14-22/h4-8,16,19-20,26H,9-15H2,1-3H3,(H,23,27)(H,24,25)/t19-,20-,22-/m0/s1. The van der Waals surface area contributed by atoms with Gasteiger partial charge in [-0.1, -0.05) is 44.2 Å². The highest BCUT2D eigenvalue weighted by Crippen LogP contribution is 2.38. The van der Waals surface area contributed by atoms with E-state index in [9.17, 15) is 14.7 Å². The van der Waals surface area contributed by atoms with Gasteiger partial charge in [0.15, 0.2) is 0 Å². The van der Waals surface area contributed by atoms with Gasteiger partial charge in [0.25, 0.3) is 0 Å². The molecule has 0 unspecified atom stereocenters. The Morgan fingerprint density at radius 3 is 2.48 bits per heavy atom. The van der Waals surface area contributed by atoms with E-state index >= 15 is 0 Å². The minimum Gasteiger partial charge on any atom is -0.391 e. The van der Waals surface area contributed by atoms with Crippen molar-refractivity contribution in [3.05, 3.63) is 35.9 Å². The summed E-state index contributed by atoms with van der Waals surface area (Å²) in [6, 6.07) is 10.00. The van der Waals surface area contributed by atoms with Crippen molar-refractivity contribution in [3.63, 3.8) is 0 Å². The van der Waals surface area contributed by atoms with Gasteiger partial charge in [0, 0.05) is 25.3 Å². The Morgan fingerprint density at radius 2 is 1.85 bits per heavy atom. The fourth-order valence-corrected chi connectivity index (χ4v) is 3.94. The van der Waals surface area contributed by atoms with Crippen molar-refractivity contribution in [2.45, 2.75) is 76.9 Å². The Morgan fingerprint density at radius 1 is 1.19 bits per heavy atom. The van der Waals surface area contributed by atoms with E-state index in [0.717, 1.165) is 19.3 Å². The average Bonchev–Trinajstić information content (AvgIpc) is 2.79. The summed E-state index contributed by atoms with van der Waals surface area (Å²) in [4.78, 5) is 23.8. The third kappa shape index (κ3) is 6.35. The van der Waals surface area contributed by atoms with Gasteiger partial charge in [-0.3, -0.25) is 9.59 Å². The summed E-state index contributed by atoms with van der Waals surface area (Å²) in [5.74, 6) is 0.473. The molecule has 1 fully saturated rings. The highest BCUT2D eigenvalue weighted by molar-refractivity contribution is 5.76. The van der Waals surface area contributed by atoms with Gasteiger partial charge in [-0.05, 0) is 43.6 Å². The zero-order chi connectivity index (χ0) is 19.9. The van der Waals surface area contributed by atoms with Crippen LogP contribution in [0.2, 0.25) is 0 Å². The number of rotatable bonds is 7. The lowest BCUT2D eigenvalue weighted by Gasteiger charge is -2.34. The highest BCUT2D eigenvalue weighted by Gasteiger charge is 2.38. The van der Waals surface area contributed by atoms with Crippen LogP contribution in [-0.4, -0.2) is 35.6 Å². The smallest absolute Gasteiger partial charge is 0.220 e. The van der Waals surface area contributed by atoms with Gasteiger partial charge in [0.2, 0.25) is 11.8 Å². The van der Waals surface area contributed by atoms with Crippen molar-refractivity contribution >= 4 is 11.8 Å². The van der Waals surface area contributed by atoms with E-state index in [2.05, 4.69) is 36.6 Å². The number of carbonyl (C=O) groups excluding carboxylic acids is 2. The zero-order valence-corrected chi connectivity index (χ0v) is 16.8. The van der Waals surface area contributed by atoms with Gasteiger partial charge < -0.3 is 15.7 Å². The fourth-order valence-electron chi connectivity index (χ4n) is 3.94. The Kier molecular flexibility index (Phi) is 7.84. The molecular weight excluding hydrogens is 340 g/mol. The predicted octanol–water partition coefficient (Wildman–Crippen LogP) is 2.92. The first-order chi connectivity index (χ1) is 12.8. The van der Waals surface area contributed by atoms with Crippen LogP contribution in [0.25, 0.3) is 0 Å². The molecule has 2 rings (SSSR count). The van der Waals surface area contributed by atoms with Crippen molar-refractivity contribution in [2.75, 3.05) is 6.54 Å². The molecule has 5 heteroatoms. The van der Waals surface area contributed by atoms with Crippen molar-refractivity contribution in [1.82, 2.24) is 10.6 Å². The quantitative estimate of drug-likeness (QED) is 0.642. The minimum absolute atomic E-state index is 0.0854. The van der Waals surface area contributed by atoms with Gasteiger partial charge in [0.05, 0.1) is 12.1 Å². The van der Waals surface area contributed by atoms with Crippen molar-refractivity contribution in [3.8, 4) is 0 Å². The minimum atomic E-state index is -0.559. The van der Waals surface area contributed by atoms with Crippen LogP contribution < -0.4 is 10.6 Å². The van der Waals surface area contributed by atoms with Crippen LogP contribution in [-0.2, 0) is 15.0 Å². The van der Waals surface area contributed by atoms with E-state index < -0.39 is 6.10 Å². The van der Waals surface area contributed by atoms with E-state index in [1.54, 1.807) is 0 Å². The molecule has 150 valence electrons. The number of nitrogens with one attached hydrogen (secondary N) is 2. The normalized spacial score (nSPS) is 25.7. The number of hydrogen-bond acceptors (Lipinski definition) is 3. The highest BCUT2D eigenvalue weighted by atomic mass is 16.3. The van der Waals surface area contributed by atoms with E-state index in [1.807, 2.05) is 18.2 Å². The maximum absolute atomic E-state index is 12.3. The molecule has 0 spiro atoms. The van der Waals surface area contributed by atoms with Crippen LogP contribution in [0.5, 0.6) is 0 Å². The third-order valence-corrected chi connectivity index (χ3v) is 5.66. The van der Waals surface area contributed by atoms with Crippen molar-refractivity contribution < 1.29 is 14.7 Å². The zero-order valence-electron chi connectivity index (χ0n) is 16.8. The summed E-state index contributed by atoms with van der Waals surface area (Å²) in [6.45, 7) is 6.28. The van der Waals surface area contributed by atoms with Gasteiger partial charge in [-0.15, -0.1) is 0 Å². The first-order valence-electron chi connectivity index (χ1n) is 10.1. The number of aliphatic hydroxyl groups is 1. The molecule has 2 amide bonds. The topological polar surface area (TPSA) is 78.4 Å².